The Labute approximate surface area is 92.5 Å². The number of amides is 1. The topological polar surface area (TPSA) is 32.3 Å². The number of rotatable bonds is 4. The second-order valence-corrected chi connectivity index (χ2v) is 4.15. The third kappa shape index (κ3) is 3.06. The van der Waals surface area contributed by atoms with Crippen molar-refractivity contribution in [2.45, 2.75) is 39.2 Å². The normalized spacial score (nSPS) is 22.2. The summed E-state index contributed by atoms with van der Waals surface area (Å²) in [5.74, 6) is 0.217. The van der Waals surface area contributed by atoms with E-state index in [9.17, 15) is 4.79 Å². The van der Waals surface area contributed by atoms with Gasteiger partial charge in [-0.05, 0) is 33.2 Å². The fourth-order valence-electron chi connectivity index (χ4n) is 2.17. The van der Waals surface area contributed by atoms with E-state index < -0.39 is 0 Å². The molecular weight excluding hydrogens is 188 g/mol. The predicted octanol–water partition coefficient (Wildman–Crippen LogP) is 1.55. The van der Waals surface area contributed by atoms with E-state index in [0.29, 0.717) is 6.04 Å². The molecule has 0 aromatic carbocycles. The minimum Gasteiger partial charge on any atom is -0.335 e. The van der Waals surface area contributed by atoms with E-state index in [1.54, 1.807) is 0 Å². The van der Waals surface area contributed by atoms with Crippen molar-refractivity contribution in [1.82, 2.24) is 10.2 Å². The zero-order valence-electron chi connectivity index (χ0n) is 10.0. The van der Waals surface area contributed by atoms with Crippen LogP contribution in [0.4, 0.5) is 0 Å². The van der Waals surface area contributed by atoms with Crippen LogP contribution in [-0.4, -0.2) is 37.0 Å². The highest BCUT2D eigenvalue weighted by molar-refractivity contribution is 5.93. The molecule has 0 spiro atoms. The van der Waals surface area contributed by atoms with E-state index in [2.05, 4.69) is 12.2 Å². The number of likely N-dealkylation sites (tertiary alicyclic amines) is 1. The molecular formula is C12H22N2O. The maximum Gasteiger partial charge on any atom is 0.249 e. The average Bonchev–Trinajstić information content (AvgIpc) is 2.66. The summed E-state index contributed by atoms with van der Waals surface area (Å²) < 4.78 is 0. The first-order chi connectivity index (χ1) is 7.20. The highest BCUT2D eigenvalue weighted by Crippen LogP contribution is 2.19. The minimum atomic E-state index is 0.217. The lowest BCUT2D eigenvalue weighted by Crippen LogP contribution is -2.41. The summed E-state index contributed by atoms with van der Waals surface area (Å²) in [5, 5.41) is 3.15. The van der Waals surface area contributed by atoms with Gasteiger partial charge in [-0.15, -0.1) is 0 Å². The van der Waals surface area contributed by atoms with Crippen LogP contribution in [0.15, 0.2) is 11.6 Å². The molecule has 86 valence electrons. The molecule has 1 heterocycles. The summed E-state index contributed by atoms with van der Waals surface area (Å²) in [4.78, 5) is 14.1. The SMILES string of the molecule is CC/C=C(\C)C(=O)N1CCCC1CNC. The van der Waals surface area contributed by atoms with Crippen molar-refractivity contribution in [3.63, 3.8) is 0 Å². The van der Waals surface area contributed by atoms with Crippen LogP contribution in [0.1, 0.15) is 33.1 Å². The maximum atomic E-state index is 12.1. The lowest BCUT2D eigenvalue weighted by molar-refractivity contribution is -0.127. The number of nitrogens with zero attached hydrogens (tertiary/aromatic N) is 1. The van der Waals surface area contributed by atoms with Crippen LogP contribution < -0.4 is 5.32 Å². The van der Waals surface area contributed by atoms with Crippen molar-refractivity contribution in [1.29, 1.82) is 0 Å². The predicted molar refractivity (Wildman–Crippen MR) is 62.7 cm³/mol. The zero-order chi connectivity index (χ0) is 11.3. The van der Waals surface area contributed by atoms with Gasteiger partial charge in [-0.25, -0.2) is 0 Å². The summed E-state index contributed by atoms with van der Waals surface area (Å²) >= 11 is 0. The van der Waals surface area contributed by atoms with Crippen molar-refractivity contribution in [3.8, 4) is 0 Å². The molecule has 15 heavy (non-hydrogen) atoms. The Morgan fingerprint density at radius 2 is 2.33 bits per heavy atom. The Balaban J connectivity index is 2.62. The van der Waals surface area contributed by atoms with Gasteiger partial charge in [-0.2, -0.15) is 0 Å². The minimum absolute atomic E-state index is 0.217. The molecule has 0 aromatic rings. The van der Waals surface area contributed by atoms with Gasteiger partial charge in [0.05, 0.1) is 0 Å². The summed E-state index contributed by atoms with van der Waals surface area (Å²) in [5.41, 5.74) is 0.889. The molecule has 1 aliphatic rings. The summed E-state index contributed by atoms with van der Waals surface area (Å²) in [7, 11) is 1.94. The standard InChI is InChI=1S/C12H22N2O/c1-4-6-10(2)12(15)14-8-5-7-11(14)9-13-3/h6,11,13H,4-5,7-9H2,1-3H3/b10-6+. The number of allylic oxidation sites excluding steroid dienone is 1. The first-order valence-corrected chi connectivity index (χ1v) is 5.83. The number of hydrogen-bond donors (Lipinski definition) is 1. The van der Waals surface area contributed by atoms with Gasteiger partial charge in [0.2, 0.25) is 5.91 Å². The molecule has 1 atom stereocenters. The van der Waals surface area contributed by atoms with E-state index in [4.69, 9.17) is 0 Å². The molecule has 1 amide bonds. The van der Waals surface area contributed by atoms with Gasteiger partial charge in [0.25, 0.3) is 0 Å². The third-order valence-electron chi connectivity index (χ3n) is 2.93. The van der Waals surface area contributed by atoms with Gasteiger partial charge < -0.3 is 10.2 Å². The number of carbonyl (C=O) groups is 1. The Bertz CT molecular complexity index is 248. The van der Waals surface area contributed by atoms with E-state index in [1.807, 2.05) is 24.9 Å². The van der Waals surface area contributed by atoms with E-state index >= 15 is 0 Å². The molecule has 0 bridgehead atoms. The van der Waals surface area contributed by atoms with Crippen molar-refractivity contribution in [2.24, 2.45) is 0 Å². The van der Waals surface area contributed by atoms with E-state index in [1.165, 1.54) is 0 Å². The first-order valence-electron chi connectivity index (χ1n) is 5.83. The maximum absolute atomic E-state index is 12.1. The first kappa shape index (κ1) is 12.2. The molecule has 1 rings (SSSR count). The Hall–Kier alpha value is -0.830. The van der Waals surface area contributed by atoms with Crippen LogP contribution in [0.3, 0.4) is 0 Å². The van der Waals surface area contributed by atoms with Crippen molar-refractivity contribution >= 4 is 5.91 Å². The van der Waals surface area contributed by atoms with Gasteiger partial charge in [0, 0.05) is 24.7 Å². The smallest absolute Gasteiger partial charge is 0.249 e. The fraction of sp³-hybridized carbons (Fsp3) is 0.750. The second kappa shape index (κ2) is 5.91. The number of likely N-dealkylation sites (N-methyl/N-ethyl adjacent to an activating group) is 1. The molecule has 1 saturated heterocycles. The molecule has 0 saturated carbocycles. The van der Waals surface area contributed by atoms with Crippen LogP contribution in [0, 0.1) is 0 Å². The molecule has 0 radical (unpaired) electrons. The van der Waals surface area contributed by atoms with Gasteiger partial charge >= 0.3 is 0 Å². The summed E-state index contributed by atoms with van der Waals surface area (Å²) in [6.45, 7) is 5.80. The summed E-state index contributed by atoms with van der Waals surface area (Å²) in [6, 6.07) is 0.391. The van der Waals surface area contributed by atoms with E-state index in [-0.39, 0.29) is 5.91 Å². The van der Waals surface area contributed by atoms with Crippen molar-refractivity contribution < 1.29 is 4.79 Å². The molecule has 0 aliphatic carbocycles. The molecule has 1 fully saturated rings. The molecule has 1 unspecified atom stereocenters. The van der Waals surface area contributed by atoms with Gasteiger partial charge in [0.15, 0.2) is 0 Å². The van der Waals surface area contributed by atoms with Crippen LogP contribution in [0.5, 0.6) is 0 Å². The molecule has 3 nitrogen and oxygen atoms in total. The Morgan fingerprint density at radius 1 is 1.60 bits per heavy atom. The summed E-state index contributed by atoms with van der Waals surface area (Å²) in [6.07, 6.45) is 5.21. The highest BCUT2D eigenvalue weighted by Gasteiger charge is 2.28. The number of hydrogen-bond acceptors (Lipinski definition) is 2. The largest absolute Gasteiger partial charge is 0.335 e. The van der Waals surface area contributed by atoms with Gasteiger partial charge in [-0.1, -0.05) is 13.0 Å². The van der Waals surface area contributed by atoms with Gasteiger partial charge in [0.1, 0.15) is 0 Å². The molecule has 0 aromatic heterocycles. The van der Waals surface area contributed by atoms with E-state index in [0.717, 1.165) is 37.9 Å². The van der Waals surface area contributed by atoms with Crippen molar-refractivity contribution in [3.05, 3.63) is 11.6 Å². The fourth-order valence-corrected chi connectivity index (χ4v) is 2.17. The van der Waals surface area contributed by atoms with Gasteiger partial charge in [-0.3, -0.25) is 4.79 Å². The molecule has 3 heteroatoms. The van der Waals surface area contributed by atoms with Crippen LogP contribution >= 0.6 is 0 Å². The van der Waals surface area contributed by atoms with Crippen LogP contribution in [0.2, 0.25) is 0 Å². The third-order valence-corrected chi connectivity index (χ3v) is 2.93. The lowest BCUT2D eigenvalue weighted by Gasteiger charge is -2.24. The van der Waals surface area contributed by atoms with Crippen LogP contribution in [-0.2, 0) is 4.79 Å². The molecule has 1 N–H and O–H groups in total. The number of carbonyl (C=O) groups excluding carboxylic acids is 1. The average molecular weight is 210 g/mol. The lowest BCUT2D eigenvalue weighted by atomic mass is 10.2. The zero-order valence-corrected chi connectivity index (χ0v) is 10.0. The van der Waals surface area contributed by atoms with Crippen molar-refractivity contribution in [2.75, 3.05) is 20.1 Å². The molecule has 1 aliphatic heterocycles. The quantitative estimate of drug-likeness (QED) is 0.714. The Kier molecular flexibility index (Phi) is 4.82. The monoisotopic (exact) mass is 210 g/mol. The Morgan fingerprint density at radius 3 is 2.93 bits per heavy atom. The second-order valence-electron chi connectivity index (χ2n) is 4.15. The van der Waals surface area contributed by atoms with Crippen LogP contribution in [0.25, 0.3) is 0 Å². The highest BCUT2D eigenvalue weighted by atomic mass is 16.2. The number of nitrogens with one attached hydrogen (secondary N) is 1.